The fourth-order valence-electron chi connectivity index (χ4n) is 1.63. The van der Waals surface area contributed by atoms with E-state index in [1.807, 2.05) is 30.9 Å². The maximum absolute atomic E-state index is 5.88. The van der Waals surface area contributed by atoms with Crippen LogP contribution in [0.25, 0.3) is 0 Å². The number of benzene rings is 1. The molecule has 0 saturated heterocycles. The van der Waals surface area contributed by atoms with Gasteiger partial charge >= 0.3 is 0 Å². The minimum absolute atomic E-state index is 0.597. The molecule has 1 aromatic rings. The van der Waals surface area contributed by atoms with E-state index in [4.69, 9.17) is 11.6 Å². The molecule has 0 amide bonds. The van der Waals surface area contributed by atoms with Crippen molar-refractivity contribution in [2.24, 2.45) is 0 Å². The normalized spacial score (nSPS) is 12.7. The summed E-state index contributed by atoms with van der Waals surface area (Å²) in [5.74, 6) is 1.80. The van der Waals surface area contributed by atoms with Gasteiger partial charge in [0.05, 0.1) is 0 Å². The number of likely N-dealkylation sites (N-methyl/N-ethyl adjacent to an activating group) is 1. The van der Waals surface area contributed by atoms with Crippen LogP contribution in [0.4, 0.5) is 0 Å². The Morgan fingerprint density at radius 3 is 2.53 bits per heavy atom. The summed E-state index contributed by atoms with van der Waals surface area (Å²) in [6, 6.07) is 8.20. The lowest BCUT2D eigenvalue weighted by atomic mass is 9.96. The fraction of sp³-hybridized carbons (Fsp3) is 0.500. The van der Waals surface area contributed by atoms with Gasteiger partial charge < -0.3 is 5.32 Å². The first-order chi connectivity index (χ1) is 7.27. The Balaban J connectivity index is 2.65. The number of hydrogen-bond acceptors (Lipinski definition) is 2. The standard InChI is InChI=1S/C12H18ClNS/c1-14-9-11(7-8-15-2)10-3-5-12(13)6-4-10/h3-6,11,14H,7-9H2,1-2H3. The molecule has 0 aliphatic carbocycles. The third-order valence-corrected chi connectivity index (χ3v) is 3.36. The molecule has 0 fully saturated rings. The van der Waals surface area contributed by atoms with E-state index in [1.165, 1.54) is 17.7 Å². The molecule has 1 aromatic carbocycles. The van der Waals surface area contributed by atoms with Gasteiger partial charge in [0.1, 0.15) is 0 Å². The summed E-state index contributed by atoms with van der Waals surface area (Å²) in [6.07, 6.45) is 3.36. The zero-order valence-corrected chi connectivity index (χ0v) is 10.9. The summed E-state index contributed by atoms with van der Waals surface area (Å²) in [7, 11) is 2.00. The lowest BCUT2D eigenvalue weighted by molar-refractivity contribution is 0.616. The molecule has 0 aliphatic rings. The molecular formula is C12H18ClNS. The van der Waals surface area contributed by atoms with Crippen molar-refractivity contribution in [3.8, 4) is 0 Å². The van der Waals surface area contributed by atoms with Gasteiger partial charge in [-0.1, -0.05) is 23.7 Å². The number of nitrogens with one attached hydrogen (secondary N) is 1. The van der Waals surface area contributed by atoms with Crippen LogP contribution in [0.15, 0.2) is 24.3 Å². The van der Waals surface area contributed by atoms with Crippen molar-refractivity contribution in [1.82, 2.24) is 5.32 Å². The highest BCUT2D eigenvalue weighted by Crippen LogP contribution is 2.22. The molecule has 0 saturated carbocycles. The largest absolute Gasteiger partial charge is 0.319 e. The van der Waals surface area contributed by atoms with Gasteiger partial charge in [0.15, 0.2) is 0 Å². The number of hydrogen-bond donors (Lipinski definition) is 1. The van der Waals surface area contributed by atoms with E-state index in [1.54, 1.807) is 0 Å². The summed E-state index contributed by atoms with van der Waals surface area (Å²) in [5, 5.41) is 4.06. The lowest BCUT2D eigenvalue weighted by Crippen LogP contribution is -2.17. The van der Waals surface area contributed by atoms with Crippen LogP contribution in [0.3, 0.4) is 0 Å². The van der Waals surface area contributed by atoms with E-state index >= 15 is 0 Å². The highest BCUT2D eigenvalue weighted by molar-refractivity contribution is 7.98. The lowest BCUT2D eigenvalue weighted by Gasteiger charge is -2.16. The van der Waals surface area contributed by atoms with E-state index in [-0.39, 0.29) is 0 Å². The molecule has 84 valence electrons. The predicted molar refractivity (Wildman–Crippen MR) is 71.1 cm³/mol. The molecule has 1 unspecified atom stereocenters. The van der Waals surface area contributed by atoms with Crippen LogP contribution in [0.1, 0.15) is 17.9 Å². The van der Waals surface area contributed by atoms with Crippen LogP contribution in [0.5, 0.6) is 0 Å². The third-order valence-electron chi connectivity index (χ3n) is 2.46. The van der Waals surface area contributed by atoms with E-state index < -0.39 is 0 Å². The molecule has 0 aliphatic heterocycles. The number of thioether (sulfide) groups is 1. The van der Waals surface area contributed by atoms with Gasteiger partial charge in [-0.2, -0.15) is 11.8 Å². The van der Waals surface area contributed by atoms with E-state index in [0.717, 1.165) is 11.6 Å². The summed E-state index contributed by atoms with van der Waals surface area (Å²) in [6.45, 7) is 1.03. The second-order valence-corrected chi connectivity index (χ2v) is 5.01. The molecule has 0 aromatic heterocycles. The third kappa shape index (κ3) is 4.45. The van der Waals surface area contributed by atoms with Crippen LogP contribution in [0, 0.1) is 0 Å². The number of rotatable bonds is 6. The van der Waals surface area contributed by atoms with Crippen LogP contribution in [-0.2, 0) is 0 Å². The van der Waals surface area contributed by atoms with Crippen molar-refractivity contribution < 1.29 is 0 Å². The molecule has 1 nitrogen and oxygen atoms in total. The van der Waals surface area contributed by atoms with Gasteiger partial charge in [0.25, 0.3) is 0 Å². The van der Waals surface area contributed by atoms with E-state index in [0.29, 0.717) is 5.92 Å². The summed E-state index contributed by atoms with van der Waals surface area (Å²) in [4.78, 5) is 0. The summed E-state index contributed by atoms with van der Waals surface area (Å²) in [5.41, 5.74) is 1.38. The predicted octanol–water partition coefficient (Wildman–Crippen LogP) is 3.40. The topological polar surface area (TPSA) is 12.0 Å². The van der Waals surface area contributed by atoms with E-state index in [9.17, 15) is 0 Å². The first-order valence-corrected chi connectivity index (χ1v) is 6.94. The molecule has 1 rings (SSSR count). The zero-order chi connectivity index (χ0) is 11.1. The van der Waals surface area contributed by atoms with Crippen LogP contribution in [-0.4, -0.2) is 25.6 Å². The van der Waals surface area contributed by atoms with Gasteiger partial charge in [0, 0.05) is 11.6 Å². The highest BCUT2D eigenvalue weighted by atomic mass is 35.5. The zero-order valence-electron chi connectivity index (χ0n) is 9.29. The van der Waals surface area contributed by atoms with Gasteiger partial charge in [0.2, 0.25) is 0 Å². The molecule has 1 atom stereocenters. The molecule has 0 bridgehead atoms. The van der Waals surface area contributed by atoms with Gasteiger partial charge in [-0.25, -0.2) is 0 Å². The molecule has 0 heterocycles. The van der Waals surface area contributed by atoms with Crippen molar-refractivity contribution in [2.75, 3.05) is 25.6 Å². The molecule has 1 N–H and O–H groups in total. The van der Waals surface area contributed by atoms with Gasteiger partial charge in [-0.15, -0.1) is 0 Å². The van der Waals surface area contributed by atoms with Gasteiger partial charge in [-0.05, 0) is 49.1 Å². The van der Waals surface area contributed by atoms with Crippen LogP contribution in [0.2, 0.25) is 5.02 Å². The first-order valence-electron chi connectivity index (χ1n) is 5.17. The Morgan fingerprint density at radius 2 is 2.00 bits per heavy atom. The molecule has 0 radical (unpaired) electrons. The van der Waals surface area contributed by atoms with Crippen molar-refractivity contribution in [3.63, 3.8) is 0 Å². The Morgan fingerprint density at radius 1 is 1.33 bits per heavy atom. The Hall–Kier alpha value is -0.180. The van der Waals surface area contributed by atoms with Crippen molar-refractivity contribution in [3.05, 3.63) is 34.9 Å². The average Bonchev–Trinajstić information content (AvgIpc) is 2.25. The van der Waals surface area contributed by atoms with Crippen molar-refractivity contribution in [1.29, 1.82) is 0 Å². The van der Waals surface area contributed by atoms with Crippen LogP contribution >= 0.6 is 23.4 Å². The maximum atomic E-state index is 5.88. The van der Waals surface area contributed by atoms with E-state index in [2.05, 4.69) is 23.7 Å². The van der Waals surface area contributed by atoms with Crippen molar-refractivity contribution in [2.45, 2.75) is 12.3 Å². The SMILES string of the molecule is CNCC(CCSC)c1ccc(Cl)cc1. The summed E-state index contributed by atoms with van der Waals surface area (Å²) < 4.78 is 0. The second kappa shape index (κ2) is 7.15. The Labute approximate surface area is 102 Å². The molecule has 0 spiro atoms. The minimum atomic E-state index is 0.597. The van der Waals surface area contributed by atoms with Crippen LogP contribution < -0.4 is 5.32 Å². The molecular weight excluding hydrogens is 226 g/mol. The minimum Gasteiger partial charge on any atom is -0.319 e. The number of halogens is 1. The molecule has 3 heteroatoms. The first kappa shape index (κ1) is 12.9. The summed E-state index contributed by atoms with van der Waals surface area (Å²) >= 11 is 7.78. The Bertz CT molecular complexity index is 273. The van der Waals surface area contributed by atoms with Gasteiger partial charge in [-0.3, -0.25) is 0 Å². The smallest absolute Gasteiger partial charge is 0.0406 e. The maximum Gasteiger partial charge on any atom is 0.0406 e. The average molecular weight is 244 g/mol. The fourth-order valence-corrected chi connectivity index (χ4v) is 2.27. The second-order valence-electron chi connectivity index (χ2n) is 3.59. The Kier molecular flexibility index (Phi) is 6.15. The monoisotopic (exact) mass is 243 g/mol. The highest BCUT2D eigenvalue weighted by Gasteiger charge is 2.09. The quantitative estimate of drug-likeness (QED) is 0.822. The molecule has 15 heavy (non-hydrogen) atoms. The van der Waals surface area contributed by atoms with Crippen molar-refractivity contribution >= 4 is 23.4 Å².